The highest BCUT2D eigenvalue weighted by Gasteiger charge is 2.33. The first-order valence-corrected chi connectivity index (χ1v) is 13.4. The molecule has 0 saturated carbocycles. The predicted octanol–water partition coefficient (Wildman–Crippen LogP) is 9.65. The molecule has 2 heteroatoms. The molecule has 0 saturated heterocycles. The van der Waals surface area contributed by atoms with Crippen LogP contribution in [0.3, 0.4) is 0 Å². The van der Waals surface area contributed by atoms with E-state index < -0.39 is 0 Å². The van der Waals surface area contributed by atoms with Gasteiger partial charge in [-0.3, -0.25) is 0 Å². The average Bonchev–Trinajstić information content (AvgIpc) is 2.78. The van der Waals surface area contributed by atoms with E-state index >= 15 is 0 Å². The van der Waals surface area contributed by atoms with Crippen molar-refractivity contribution in [3.63, 3.8) is 0 Å². The summed E-state index contributed by atoms with van der Waals surface area (Å²) in [6, 6.07) is 13.4. The van der Waals surface area contributed by atoms with Crippen LogP contribution >= 0.6 is 0 Å². The van der Waals surface area contributed by atoms with Gasteiger partial charge in [-0.05, 0) is 43.2 Å². The largest absolute Gasteiger partial charge is 0.362 e. The van der Waals surface area contributed by atoms with E-state index in [0.717, 1.165) is 0 Å². The Kier molecular flexibility index (Phi) is 10.0. The minimum Gasteiger partial charge on any atom is -0.362 e. The second-order valence-electron chi connectivity index (χ2n) is 9.78. The van der Waals surface area contributed by atoms with E-state index in [1.54, 1.807) is 0 Å². The second-order valence-corrected chi connectivity index (χ2v) is 9.78. The molecule has 3 rings (SSSR count). The lowest BCUT2D eigenvalue weighted by Gasteiger charge is -2.42. The van der Waals surface area contributed by atoms with Crippen LogP contribution in [0, 0.1) is 0 Å². The van der Waals surface area contributed by atoms with E-state index in [1.165, 1.54) is 125 Å². The molecule has 0 bridgehead atoms. The maximum atomic E-state index is 3.99. The Labute approximate surface area is 191 Å². The molecule has 0 amide bonds. The van der Waals surface area contributed by atoms with Gasteiger partial charge in [-0.2, -0.15) is 0 Å². The first-order valence-electron chi connectivity index (χ1n) is 13.4. The van der Waals surface area contributed by atoms with Gasteiger partial charge < -0.3 is 10.6 Å². The van der Waals surface area contributed by atoms with Crippen LogP contribution < -0.4 is 10.6 Å². The van der Waals surface area contributed by atoms with Crippen LogP contribution in [-0.4, -0.2) is 5.66 Å². The third-order valence-electron chi connectivity index (χ3n) is 7.07. The van der Waals surface area contributed by atoms with Crippen molar-refractivity contribution in [3.8, 4) is 0 Å². The predicted molar refractivity (Wildman–Crippen MR) is 139 cm³/mol. The van der Waals surface area contributed by atoms with Crippen LogP contribution in [0.4, 0.5) is 11.4 Å². The topological polar surface area (TPSA) is 24.1 Å². The van der Waals surface area contributed by atoms with E-state index in [2.05, 4.69) is 60.9 Å². The van der Waals surface area contributed by atoms with E-state index in [-0.39, 0.29) is 5.66 Å². The molecule has 0 radical (unpaired) electrons. The number of hydrogen-bond acceptors (Lipinski definition) is 2. The molecule has 1 aliphatic heterocycles. The van der Waals surface area contributed by atoms with Crippen LogP contribution in [0.15, 0.2) is 36.4 Å². The van der Waals surface area contributed by atoms with Gasteiger partial charge >= 0.3 is 0 Å². The molecule has 31 heavy (non-hydrogen) atoms. The van der Waals surface area contributed by atoms with Crippen molar-refractivity contribution in [1.82, 2.24) is 0 Å². The van der Waals surface area contributed by atoms with Gasteiger partial charge in [0.2, 0.25) is 0 Å². The Hall–Kier alpha value is -1.70. The molecule has 2 nitrogen and oxygen atoms in total. The fraction of sp³-hybridized carbons (Fsp3) is 0.655. The van der Waals surface area contributed by atoms with Crippen molar-refractivity contribution in [2.24, 2.45) is 0 Å². The van der Waals surface area contributed by atoms with E-state index in [9.17, 15) is 0 Å². The van der Waals surface area contributed by atoms with Gasteiger partial charge in [0, 0.05) is 16.8 Å². The summed E-state index contributed by atoms with van der Waals surface area (Å²) in [5.74, 6) is 0. The molecule has 172 valence electrons. The Balaban J connectivity index is 1.58. The molecule has 2 aromatic rings. The molecule has 1 aliphatic rings. The summed E-state index contributed by atoms with van der Waals surface area (Å²) in [5, 5.41) is 10.7. The third-order valence-corrected chi connectivity index (χ3v) is 7.07. The standard InChI is InChI=1S/C29H46N2/c1-3-5-7-9-11-13-15-23-29(24-16-14-12-10-8-6-4-2)30-26-21-17-19-25-20-18-22-27(31-29)28(25)26/h17-22,30-31H,3-16,23-24H2,1-2H3. The lowest BCUT2D eigenvalue weighted by atomic mass is 9.90. The molecule has 0 aromatic heterocycles. The molecular formula is C29H46N2. The highest BCUT2D eigenvalue weighted by atomic mass is 15.2. The monoisotopic (exact) mass is 422 g/mol. The molecule has 2 aromatic carbocycles. The molecule has 0 atom stereocenters. The number of unbranched alkanes of at least 4 members (excludes halogenated alkanes) is 12. The van der Waals surface area contributed by atoms with Gasteiger partial charge in [-0.25, -0.2) is 0 Å². The fourth-order valence-electron chi connectivity index (χ4n) is 5.24. The van der Waals surface area contributed by atoms with Gasteiger partial charge in [-0.15, -0.1) is 0 Å². The third kappa shape index (κ3) is 7.16. The molecule has 2 N–H and O–H groups in total. The number of nitrogens with one attached hydrogen (secondary N) is 2. The number of rotatable bonds is 16. The van der Waals surface area contributed by atoms with Gasteiger partial charge in [0.05, 0.1) is 0 Å². The number of anilines is 2. The second kappa shape index (κ2) is 13.0. The average molecular weight is 423 g/mol. The minimum absolute atomic E-state index is 0.00940. The zero-order valence-electron chi connectivity index (χ0n) is 20.3. The quantitative estimate of drug-likeness (QED) is 0.263. The Bertz CT molecular complexity index is 706. The number of hydrogen-bond donors (Lipinski definition) is 2. The lowest BCUT2D eigenvalue weighted by Crippen LogP contribution is -2.48. The van der Waals surface area contributed by atoms with E-state index in [4.69, 9.17) is 0 Å². The van der Waals surface area contributed by atoms with E-state index in [1.807, 2.05) is 0 Å². The summed E-state index contributed by atoms with van der Waals surface area (Å²) in [7, 11) is 0. The number of benzene rings is 2. The molecular weight excluding hydrogens is 376 g/mol. The van der Waals surface area contributed by atoms with Crippen molar-refractivity contribution in [2.75, 3.05) is 10.6 Å². The highest BCUT2D eigenvalue weighted by Crippen LogP contribution is 2.41. The highest BCUT2D eigenvalue weighted by molar-refractivity contribution is 6.05. The first kappa shape index (κ1) is 24.0. The van der Waals surface area contributed by atoms with Crippen molar-refractivity contribution in [3.05, 3.63) is 36.4 Å². The molecule has 0 fully saturated rings. The zero-order valence-corrected chi connectivity index (χ0v) is 20.3. The summed E-state index contributed by atoms with van der Waals surface area (Å²) >= 11 is 0. The normalized spacial score (nSPS) is 14.4. The summed E-state index contributed by atoms with van der Waals surface area (Å²) in [6.45, 7) is 4.60. The van der Waals surface area contributed by atoms with Crippen LogP contribution in [0.25, 0.3) is 10.8 Å². The zero-order chi connectivity index (χ0) is 21.8. The Morgan fingerprint density at radius 2 is 0.968 bits per heavy atom. The van der Waals surface area contributed by atoms with Crippen LogP contribution in [0.1, 0.15) is 117 Å². The SMILES string of the molecule is CCCCCCCCCC1(CCCCCCCCC)Nc2cccc3cccc(c23)N1. The maximum absolute atomic E-state index is 3.99. The summed E-state index contributed by atoms with van der Waals surface area (Å²) in [6.07, 6.45) is 21.6. The molecule has 0 aliphatic carbocycles. The lowest BCUT2D eigenvalue weighted by molar-refractivity contribution is 0.401. The molecule has 0 spiro atoms. The summed E-state index contributed by atoms with van der Waals surface area (Å²) in [4.78, 5) is 0. The van der Waals surface area contributed by atoms with Gasteiger partial charge in [0.25, 0.3) is 0 Å². The van der Waals surface area contributed by atoms with Crippen molar-refractivity contribution < 1.29 is 0 Å². The van der Waals surface area contributed by atoms with Gasteiger partial charge in [0.1, 0.15) is 5.66 Å². The van der Waals surface area contributed by atoms with Crippen LogP contribution in [-0.2, 0) is 0 Å². The summed E-state index contributed by atoms with van der Waals surface area (Å²) < 4.78 is 0. The Morgan fingerprint density at radius 1 is 0.548 bits per heavy atom. The minimum atomic E-state index is 0.00940. The van der Waals surface area contributed by atoms with E-state index in [0.29, 0.717) is 0 Å². The van der Waals surface area contributed by atoms with Crippen LogP contribution in [0.2, 0.25) is 0 Å². The molecule has 1 heterocycles. The van der Waals surface area contributed by atoms with Crippen molar-refractivity contribution >= 4 is 22.1 Å². The fourth-order valence-corrected chi connectivity index (χ4v) is 5.24. The van der Waals surface area contributed by atoms with Gasteiger partial charge in [0.15, 0.2) is 0 Å². The van der Waals surface area contributed by atoms with Crippen molar-refractivity contribution in [1.29, 1.82) is 0 Å². The smallest absolute Gasteiger partial charge is 0.108 e. The summed E-state index contributed by atoms with van der Waals surface area (Å²) in [5.41, 5.74) is 2.64. The Morgan fingerprint density at radius 3 is 1.42 bits per heavy atom. The maximum Gasteiger partial charge on any atom is 0.108 e. The first-order chi connectivity index (χ1) is 15.3. The van der Waals surface area contributed by atoms with Gasteiger partial charge in [-0.1, -0.05) is 115 Å². The molecule has 0 unspecified atom stereocenters. The van der Waals surface area contributed by atoms with Crippen LogP contribution in [0.5, 0.6) is 0 Å². The van der Waals surface area contributed by atoms with Crippen molar-refractivity contribution in [2.45, 2.75) is 122 Å².